The molecule has 0 amide bonds. The number of aromatic nitrogens is 1. The third kappa shape index (κ3) is 6.27. The van der Waals surface area contributed by atoms with Crippen LogP contribution in [0.3, 0.4) is 0 Å². The van der Waals surface area contributed by atoms with Gasteiger partial charge in [0.1, 0.15) is 5.82 Å². The Bertz CT molecular complexity index is 688. The molecule has 2 heterocycles. The minimum absolute atomic E-state index is 0.622. The third-order valence-corrected chi connectivity index (χ3v) is 4.81. The summed E-state index contributed by atoms with van der Waals surface area (Å²) >= 11 is 0. The van der Waals surface area contributed by atoms with Crippen molar-refractivity contribution in [2.24, 2.45) is 4.99 Å². The molecule has 0 atom stereocenters. The summed E-state index contributed by atoms with van der Waals surface area (Å²) in [6.45, 7) is 6.55. The van der Waals surface area contributed by atoms with Gasteiger partial charge in [-0.1, -0.05) is 49.2 Å². The van der Waals surface area contributed by atoms with Crippen LogP contribution in [0, 0.1) is 0 Å². The van der Waals surface area contributed by atoms with Crippen molar-refractivity contribution in [3.05, 3.63) is 59.8 Å². The highest BCUT2D eigenvalue weighted by atomic mass is 15.2. The van der Waals surface area contributed by atoms with Crippen LogP contribution >= 0.6 is 0 Å². The van der Waals surface area contributed by atoms with Crippen LogP contribution in [0.5, 0.6) is 0 Å². The third-order valence-electron chi connectivity index (χ3n) is 4.81. The van der Waals surface area contributed by atoms with E-state index in [-0.39, 0.29) is 0 Å². The van der Waals surface area contributed by atoms with Gasteiger partial charge in [-0.3, -0.25) is 0 Å². The molecule has 2 N–H and O–H groups in total. The standard InChI is InChI=1S/C22H31N5/c1-2-23-22(25-16-19-10-6-5-7-11-19)26-18-20-12-13-21(24-17-20)27-14-8-3-4-9-15-27/h5-7,10-13,17H,2-4,8-9,14-16,18H2,1H3,(H2,23,25,26). The lowest BCUT2D eigenvalue weighted by Gasteiger charge is -2.21. The van der Waals surface area contributed by atoms with Crippen molar-refractivity contribution >= 4 is 11.8 Å². The summed E-state index contributed by atoms with van der Waals surface area (Å²) < 4.78 is 0. The van der Waals surface area contributed by atoms with Crippen LogP contribution in [0.2, 0.25) is 0 Å². The first-order valence-electron chi connectivity index (χ1n) is 10.1. The highest BCUT2D eigenvalue weighted by molar-refractivity contribution is 5.79. The summed E-state index contributed by atoms with van der Waals surface area (Å²) in [4.78, 5) is 11.8. The van der Waals surface area contributed by atoms with E-state index in [0.29, 0.717) is 6.54 Å². The summed E-state index contributed by atoms with van der Waals surface area (Å²) in [6, 6.07) is 14.7. The maximum Gasteiger partial charge on any atom is 0.191 e. The van der Waals surface area contributed by atoms with Gasteiger partial charge in [0.25, 0.3) is 0 Å². The molecule has 1 fully saturated rings. The Hall–Kier alpha value is -2.56. The second-order valence-corrected chi connectivity index (χ2v) is 6.96. The molecule has 1 aromatic carbocycles. The Kier molecular flexibility index (Phi) is 7.51. The Morgan fingerprint density at radius 3 is 2.41 bits per heavy atom. The minimum atomic E-state index is 0.622. The first-order valence-corrected chi connectivity index (χ1v) is 10.1. The molecule has 0 radical (unpaired) electrons. The van der Waals surface area contributed by atoms with E-state index in [9.17, 15) is 0 Å². The van der Waals surface area contributed by atoms with Crippen molar-refractivity contribution < 1.29 is 0 Å². The second kappa shape index (κ2) is 10.6. The SMILES string of the molecule is CCNC(=NCc1ccc(N2CCCCCC2)nc1)NCc1ccccc1. The number of guanidine groups is 1. The van der Waals surface area contributed by atoms with Gasteiger partial charge < -0.3 is 15.5 Å². The van der Waals surface area contributed by atoms with Crippen LogP contribution < -0.4 is 15.5 Å². The zero-order valence-corrected chi connectivity index (χ0v) is 16.3. The fourth-order valence-corrected chi connectivity index (χ4v) is 3.29. The number of nitrogens with one attached hydrogen (secondary N) is 2. The number of pyridine rings is 1. The van der Waals surface area contributed by atoms with E-state index in [4.69, 9.17) is 4.99 Å². The van der Waals surface area contributed by atoms with Crippen molar-refractivity contribution in [3.8, 4) is 0 Å². The zero-order chi connectivity index (χ0) is 18.7. The molecule has 5 nitrogen and oxygen atoms in total. The van der Waals surface area contributed by atoms with Gasteiger partial charge in [0, 0.05) is 32.4 Å². The molecule has 5 heteroatoms. The van der Waals surface area contributed by atoms with Crippen LogP contribution in [0.15, 0.2) is 53.7 Å². The summed E-state index contributed by atoms with van der Waals surface area (Å²) in [6.07, 6.45) is 7.18. The van der Waals surface area contributed by atoms with Crippen LogP contribution in [0.4, 0.5) is 5.82 Å². The van der Waals surface area contributed by atoms with Gasteiger partial charge in [-0.2, -0.15) is 0 Å². The molecule has 27 heavy (non-hydrogen) atoms. The van der Waals surface area contributed by atoms with Crippen LogP contribution in [0.1, 0.15) is 43.7 Å². The normalized spacial score (nSPS) is 15.3. The maximum absolute atomic E-state index is 4.70. The molecule has 0 spiro atoms. The lowest BCUT2D eigenvalue weighted by Crippen LogP contribution is -2.36. The molecule has 1 saturated heterocycles. The van der Waals surface area contributed by atoms with Gasteiger partial charge in [0.05, 0.1) is 6.54 Å². The number of hydrogen-bond acceptors (Lipinski definition) is 3. The first kappa shape index (κ1) is 19.2. The maximum atomic E-state index is 4.70. The molecule has 2 aromatic rings. The molecular formula is C22H31N5. The van der Waals surface area contributed by atoms with Crippen LogP contribution in [-0.4, -0.2) is 30.6 Å². The minimum Gasteiger partial charge on any atom is -0.357 e. The van der Waals surface area contributed by atoms with Crippen molar-refractivity contribution in [1.82, 2.24) is 15.6 Å². The number of anilines is 1. The molecule has 1 aromatic heterocycles. The van der Waals surface area contributed by atoms with E-state index in [0.717, 1.165) is 43.5 Å². The highest BCUT2D eigenvalue weighted by Gasteiger charge is 2.10. The van der Waals surface area contributed by atoms with E-state index in [2.05, 4.69) is 63.8 Å². The Labute approximate surface area is 162 Å². The molecule has 1 aliphatic rings. The molecule has 0 saturated carbocycles. The average Bonchev–Trinajstić information content (AvgIpc) is 3.01. The fourth-order valence-electron chi connectivity index (χ4n) is 3.29. The number of hydrogen-bond donors (Lipinski definition) is 2. The Balaban J connectivity index is 1.56. The summed E-state index contributed by atoms with van der Waals surface area (Å²) in [7, 11) is 0. The summed E-state index contributed by atoms with van der Waals surface area (Å²) in [5, 5.41) is 6.69. The monoisotopic (exact) mass is 365 g/mol. The second-order valence-electron chi connectivity index (χ2n) is 6.96. The molecule has 0 aliphatic carbocycles. The predicted octanol–water partition coefficient (Wildman–Crippen LogP) is 3.72. The van der Waals surface area contributed by atoms with Gasteiger partial charge in [-0.25, -0.2) is 9.98 Å². The van der Waals surface area contributed by atoms with E-state index >= 15 is 0 Å². The first-order chi connectivity index (χ1) is 13.3. The highest BCUT2D eigenvalue weighted by Crippen LogP contribution is 2.17. The van der Waals surface area contributed by atoms with E-state index in [1.54, 1.807) is 0 Å². The van der Waals surface area contributed by atoms with Gasteiger partial charge in [-0.05, 0) is 37.0 Å². The fraction of sp³-hybridized carbons (Fsp3) is 0.455. The van der Waals surface area contributed by atoms with Gasteiger partial charge >= 0.3 is 0 Å². The Morgan fingerprint density at radius 1 is 0.963 bits per heavy atom. The predicted molar refractivity (Wildman–Crippen MR) is 113 cm³/mol. The Morgan fingerprint density at radius 2 is 1.74 bits per heavy atom. The van der Waals surface area contributed by atoms with Crippen molar-refractivity contribution in [3.63, 3.8) is 0 Å². The van der Waals surface area contributed by atoms with Gasteiger partial charge in [-0.15, -0.1) is 0 Å². The number of benzene rings is 1. The lowest BCUT2D eigenvalue weighted by molar-refractivity contribution is 0.726. The van der Waals surface area contributed by atoms with E-state index in [1.165, 1.54) is 31.2 Å². The van der Waals surface area contributed by atoms with Gasteiger partial charge in [0.15, 0.2) is 5.96 Å². The molecule has 144 valence electrons. The van der Waals surface area contributed by atoms with E-state index in [1.807, 2.05) is 12.3 Å². The van der Waals surface area contributed by atoms with Crippen molar-refractivity contribution in [1.29, 1.82) is 0 Å². The largest absolute Gasteiger partial charge is 0.357 e. The number of aliphatic imine (C=N–C) groups is 1. The average molecular weight is 366 g/mol. The van der Waals surface area contributed by atoms with Crippen LogP contribution in [0.25, 0.3) is 0 Å². The number of nitrogens with zero attached hydrogens (tertiary/aromatic N) is 3. The smallest absolute Gasteiger partial charge is 0.191 e. The van der Waals surface area contributed by atoms with Crippen molar-refractivity contribution in [2.75, 3.05) is 24.5 Å². The van der Waals surface area contributed by atoms with Crippen molar-refractivity contribution in [2.45, 2.75) is 45.7 Å². The molecule has 0 bridgehead atoms. The quantitative estimate of drug-likeness (QED) is 0.605. The lowest BCUT2D eigenvalue weighted by atomic mass is 10.2. The molecule has 0 unspecified atom stereocenters. The zero-order valence-electron chi connectivity index (χ0n) is 16.3. The van der Waals surface area contributed by atoms with Crippen LogP contribution in [-0.2, 0) is 13.1 Å². The topological polar surface area (TPSA) is 52.6 Å². The number of rotatable bonds is 6. The van der Waals surface area contributed by atoms with E-state index < -0.39 is 0 Å². The summed E-state index contributed by atoms with van der Waals surface area (Å²) in [5.74, 6) is 1.93. The molecule has 3 rings (SSSR count). The molecular weight excluding hydrogens is 334 g/mol. The summed E-state index contributed by atoms with van der Waals surface area (Å²) in [5.41, 5.74) is 2.37. The molecule has 1 aliphatic heterocycles. The van der Waals surface area contributed by atoms with Gasteiger partial charge in [0.2, 0.25) is 0 Å².